The first-order chi connectivity index (χ1) is 18.7. The lowest BCUT2D eigenvalue weighted by Crippen LogP contribution is -2.42. The van der Waals surface area contributed by atoms with Crippen LogP contribution in [0.2, 0.25) is 5.02 Å². The van der Waals surface area contributed by atoms with E-state index in [1.165, 1.54) is 4.70 Å². The summed E-state index contributed by atoms with van der Waals surface area (Å²) in [4.78, 5) is 21.3. The van der Waals surface area contributed by atoms with E-state index in [0.29, 0.717) is 34.8 Å². The van der Waals surface area contributed by atoms with E-state index >= 15 is 0 Å². The van der Waals surface area contributed by atoms with Crippen LogP contribution in [-0.2, 0) is 10.5 Å². The van der Waals surface area contributed by atoms with Crippen molar-refractivity contribution in [2.24, 2.45) is 11.1 Å². The van der Waals surface area contributed by atoms with Gasteiger partial charge in [-0.2, -0.15) is 5.26 Å². The summed E-state index contributed by atoms with van der Waals surface area (Å²) >= 11 is 11.3. The van der Waals surface area contributed by atoms with E-state index < -0.39 is 5.92 Å². The number of hydrogen-bond acceptors (Lipinski definition) is 8. The van der Waals surface area contributed by atoms with Crippen LogP contribution in [0.4, 0.5) is 5.69 Å². The number of carbonyl (C=O) groups excluding carboxylic acids is 1. The molecule has 1 atom stereocenters. The van der Waals surface area contributed by atoms with Crippen LogP contribution in [0.3, 0.4) is 0 Å². The predicted octanol–water partition coefficient (Wildman–Crippen LogP) is 8.24. The lowest BCUT2D eigenvalue weighted by atomic mass is 9.69. The van der Waals surface area contributed by atoms with Crippen LogP contribution in [-0.4, -0.2) is 10.8 Å². The number of carbonyl (C=O) groups is 1. The molecule has 6 rings (SSSR count). The fourth-order valence-corrected chi connectivity index (χ4v) is 8.70. The lowest BCUT2D eigenvalue weighted by Gasteiger charge is -2.43. The zero-order valence-corrected chi connectivity index (χ0v) is 24.6. The highest BCUT2D eigenvalue weighted by Crippen LogP contribution is 2.51. The smallest absolute Gasteiger partial charge is 0.162 e. The molecule has 9 heteroatoms. The van der Waals surface area contributed by atoms with Gasteiger partial charge in [0, 0.05) is 39.0 Å². The summed E-state index contributed by atoms with van der Waals surface area (Å²) in [5.41, 5.74) is 11.4. The van der Waals surface area contributed by atoms with E-state index in [1.807, 2.05) is 41.3 Å². The summed E-state index contributed by atoms with van der Waals surface area (Å²) in [5.74, 6) is 0.700. The van der Waals surface area contributed by atoms with Gasteiger partial charge in [0.05, 0.1) is 27.8 Å². The van der Waals surface area contributed by atoms with Crippen molar-refractivity contribution in [3.05, 3.63) is 98.1 Å². The maximum absolute atomic E-state index is 13.8. The number of thioether (sulfide) groups is 1. The molecular formula is C30H25ClN4OS3. The van der Waals surface area contributed by atoms with E-state index in [-0.39, 0.29) is 11.2 Å². The Morgan fingerprint density at radius 3 is 2.79 bits per heavy atom. The fraction of sp³-hybridized carbons (Fsp3) is 0.233. The number of aromatic nitrogens is 1. The summed E-state index contributed by atoms with van der Waals surface area (Å²) in [6.07, 6.45) is 1.10. The van der Waals surface area contributed by atoms with Gasteiger partial charge in [-0.25, -0.2) is 4.98 Å². The minimum absolute atomic E-state index is 0.0670. The lowest BCUT2D eigenvalue weighted by molar-refractivity contribution is -0.118. The summed E-state index contributed by atoms with van der Waals surface area (Å²) in [7, 11) is 0. The molecule has 2 N–H and O–H groups in total. The summed E-state index contributed by atoms with van der Waals surface area (Å²) < 4.78 is 2.20. The molecule has 0 spiro atoms. The van der Waals surface area contributed by atoms with Gasteiger partial charge >= 0.3 is 0 Å². The molecule has 196 valence electrons. The second-order valence-corrected chi connectivity index (χ2v) is 14.2. The number of hydrogen-bond donors (Lipinski definition) is 1. The highest BCUT2D eigenvalue weighted by molar-refractivity contribution is 8.00. The molecule has 0 bridgehead atoms. The topological polar surface area (TPSA) is 83.0 Å². The average molecular weight is 589 g/mol. The van der Waals surface area contributed by atoms with Crippen LogP contribution < -0.4 is 10.6 Å². The van der Waals surface area contributed by atoms with Crippen molar-refractivity contribution < 1.29 is 4.79 Å². The Hall–Kier alpha value is -3.09. The fourth-order valence-electron chi connectivity index (χ4n) is 5.38. The standard InChI is InChI=1S/C30H25ClN4OS3/c1-30(2)12-22-27(23(36)13-30)26(20(14-32)28(33)35(22)19-7-5-6-18(31)11-19)25-10-17(15-37-25)16-38-29-34-21-8-3-4-9-24(21)39-29/h3-11,15,26H,12-13,16,33H2,1-2H3/t26-/m0/s1. The van der Waals surface area contributed by atoms with Gasteiger partial charge in [-0.3, -0.25) is 9.69 Å². The van der Waals surface area contributed by atoms with Crippen molar-refractivity contribution in [3.8, 4) is 6.07 Å². The maximum atomic E-state index is 13.8. The number of rotatable bonds is 5. The van der Waals surface area contributed by atoms with Crippen molar-refractivity contribution in [3.63, 3.8) is 0 Å². The van der Waals surface area contributed by atoms with Gasteiger partial charge in [0.15, 0.2) is 10.1 Å². The number of allylic oxidation sites excluding steroid dienone is 3. The molecule has 3 heterocycles. The van der Waals surface area contributed by atoms with Crippen molar-refractivity contribution in [1.29, 1.82) is 5.26 Å². The Labute approximate surface area is 244 Å². The van der Waals surface area contributed by atoms with E-state index in [4.69, 9.17) is 22.3 Å². The first-order valence-corrected chi connectivity index (χ1v) is 15.6. The molecule has 1 aliphatic heterocycles. The molecule has 0 fully saturated rings. The zero-order chi connectivity index (χ0) is 27.3. The number of ketones is 1. The molecule has 39 heavy (non-hydrogen) atoms. The molecule has 2 aromatic heterocycles. The Morgan fingerprint density at radius 1 is 1.21 bits per heavy atom. The number of benzene rings is 2. The first-order valence-electron chi connectivity index (χ1n) is 12.5. The second kappa shape index (κ2) is 10.1. The number of thiophene rings is 1. The highest BCUT2D eigenvalue weighted by atomic mass is 35.5. The number of Topliss-reactive ketones (excluding diaryl/α,β-unsaturated/α-hetero) is 1. The summed E-state index contributed by atoms with van der Waals surface area (Å²) in [6, 6.07) is 20.0. The number of anilines is 1. The molecule has 0 radical (unpaired) electrons. The van der Waals surface area contributed by atoms with E-state index in [0.717, 1.165) is 37.4 Å². The second-order valence-electron chi connectivity index (χ2n) is 10.6. The van der Waals surface area contributed by atoms with Crippen molar-refractivity contribution in [2.45, 2.75) is 42.7 Å². The summed E-state index contributed by atoms with van der Waals surface area (Å²) in [5, 5.41) is 13.0. The monoisotopic (exact) mass is 588 g/mol. The van der Waals surface area contributed by atoms with Crippen LogP contribution in [0.25, 0.3) is 10.2 Å². The van der Waals surface area contributed by atoms with Gasteiger partial charge in [0.1, 0.15) is 5.82 Å². The van der Waals surface area contributed by atoms with Crippen LogP contribution in [0.1, 0.15) is 43.0 Å². The first kappa shape index (κ1) is 26.1. The third-order valence-corrected chi connectivity index (χ3v) is 10.6. The minimum Gasteiger partial charge on any atom is -0.384 e. The average Bonchev–Trinajstić information content (AvgIpc) is 3.53. The third kappa shape index (κ3) is 4.89. The van der Waals surface area contributed by atoms with Crippen molar-refractivity contribution in [2.75, 3.05) is 4.90 Å². The van der Waals surface area contributed by atoms with Crippen LogP contribution >= 0.6 is 46.0 Å². The van der Waals surface area contributed by atoms with Crippen molar-refractivity contribution in [1.82, 2.24) is 4.98 Å². The number of nitrogens with two attached hydrogens (primary N) is 1. The van der Waals surface area contributed by atoms with E-state index in [1.54, 1.807) is 40.5 Å². The molecule has 2 aromatic carbocycles. The molecule has 4 aromatic rings. The van der Waals surface area contributed by atoms with E-state index in [9.17, 15) is 10.1 Å². The third-order valence-electron chi connectivity index (χ3n) is 7.04. The summed E-state index contributed by atoms with van der Waals surface area (Å²) in [6.45, 7) is 4.20. The highest BCUT2D eigenvalue weighted by Gasteiger charge is 2.45. The number of fused-ring (bicyclic) bond motifs is 1. The molecule has 0 saturated carbocycles. The SMILES string of the molecule is CC1(C)CC(=O)C2=C(C1)N(c1cccc(Cl)c1)C(N)=C(C#N)[C@H]2c1cc(CSc2nc3ccccc3s2)cs1. The molecular weight excluding hydrogens is 564 g/mol. The largest absolute Gasteiger partial charge is 0.384 e. The van der Waals surface area contributed by atoms with Crippen molar-refractivity contribution >= 4 is 67.7 Å². The Bertz CT molecular complexity index is 1690. The minimum atomic E-state index is -0.477. The van der Waals surface area contributed by atoms with Gasteiger partial charge in [0.2, 0.25) is 0 Å². The Balaban J connectivity index is 1.38. The Morgan fingerprint density at radius 2 is 2.03 bits per heavy atom. The van der Waals surface area contributed by atoms with Gasteiger partial charge in [-0.1, -0.05) is 55.4 Å². The number of nitrogens with zero attached hydrogens (tertiary/aromatic N) is 3. The van der Waals surface area contributed by atoms with Crippen LogP contribution in [0.5, 0.6) is 0 Å². The van der Waals surface area contributed by atoms with Gasteiger partial charge in [-0.05, 0) is 59.2 Å². The quantitative estimate of drug-likeness (QED) is 0.236. The maximum Gasteiger partial charge on any atom is 0.162 e. The molecule has 0 saturated heterocycles. The number of para-hydroxylation sites is 1. The molecule has 2 aliphatic rings. The molecule has 1 aliphatic carbocycles. The van der Waals surface area contributed by atoms with Crippen LogP contribution in [0, 0.1) is 16.7 Å². The number of thiazole rings is 1. The molecule has 5 nitrogen and oxygen atoms in total. The van der Waals surface area contributed by atoms with Gasteiger partial charge in [-0.15, -0.1) is 22.7 Å². The zero-order valence-electron chi connectivity index (χ0n) is 21.4. The van der Waals surface area contributed by atoms with Gasteiger partial charge in [0.25, 0.3) is 0 Å². The number of nitriles is 1. The number of halogens is 1. The van der Waals surface area contributed by atoms with Crippen LogP contribution in [0.15, 0.2) is 87.0 Å². The predicted molar refractivity (Wildman–Crippen MR) is 162 cm³/mol. The molecule has 0 unspecified atom stereocenters. The van der Waals surface area contributed by atoms with E-state index in [2.05, 4.69) is 37.4 Å². The Kier molecular flexibility index (Phi) is 6.80. The van der Waals surface area contributed by atoms with Gasteiger partial charge < -0.3 is 5.73 Å². The molecule has 0 amide bonds. The normalized spacial score (nSPS) is 19.0.